The summed E-state index contributed by atoms with van der Waals surface area (Å²) in [5.74, 6) is 0.319. The van der Waals surface area contributed by atoms with Crippen LogP contribution in [0.1, 0.15) is 29.4 Å². The van der Waals surface area contributed by atoms with E-state index in [1.165, 1.54) is 6.20 Å². The Morgan fingerprint density at radius 3 is 2.86 bits per heavy atom. The lowest BCUT2D eigenvalue weighted by Gasteiger charge is -2.09. The van der Waals surface area contributed by atoms with E-state index in [4.69, 9.17) is 0 Å². The Morgan fingerprint density at radius 2 is 2.14 bits per heavy atom. The molecule has 5 nitrogen and oxygen atoms in total. The van der Waals surface area contributed by atoms with Gasteiger partial charge in [0.25, 0.3) is 5.91 Å². The molecule has 0 radical (unpaired) electrons. The first-order chi connectivity index (χ1) is 10.1. The molecule has 2 aromatic rings. The van der Waals surface area contributed by atoms with Crippen LogP contribution in [0.5, 0.6) is 0 Å². The first-order valence-corrected chi connectivity index (χ1v) is 7.53. The minimum absolute atomic E-state index is 0.281. The number of hydrogen-bond donors (Lipinski definition) is 2. The van der Waals surface area contributed by atoms with Gasteiger partial charge in [-0.1, -0.05) is 13.0 Å². The van der Waals surface area contributed by atoms with Crippen molar-refractivity contribution < 1.29 is 4.79 Å². The van der Waals surface area contributed by atoms with Crippen LogP contribution in [-0.2, 0) is 0 Å². The molecule has 0 fully saturated rings. The number of amides is 1. The van der Waals surface area contributed by atoms with E-state index in [-0.39, 0.29) is 11.6 Å². The summed E-state index contributed by atoms with van der Waals surface area (Å²) in [4.78, 5) is 20.5. The summed E-state index contributed by atoms with van der Waals surface area (Å²) in [5.41, 5.74) is 2.10. The fraction of sp³-hybridized carbons (Fsp3) is 0.267. The van der Waals surface area contributed by atoms with Gasteiger partial charge in [0.15, 0.2) is 0 Å². The predicted molar refractivity (Wildman–Crippen MR) is 87.6 cm³/mol. The van der Waals surface area contributed by atoms with E-state index in [0.29, 0.717) is 11.5 Å². The zero-order valence-electron chi connectivity index (χ0n) is 12.0. The maximum Gasteiger partial charge on any atom is 0.275 e. The van der Waals surface area contributed by atoms with Crippen molar-refractivity contribution >= 4 is 33.3 Å². The third kappa shape index (κ3) is 4.26. The van der Waals surface area contributed by atoms with Gasteiger partial charge in [0, 0.05) is 11.0 Å². The minimum atomic E-state index is -0.285. The number of aromatic nitrogens is 2. The number of anilines is 2. The smallest absolute Gasteiger partial charge is 0.275 e. The molecule has 1 aromatic heterocycles. The van der Waals surface area contributed by atoms with Crippen molar-refractivity contribution in [2.24, 2.45) is 0 Å². The normalized spacial score (nSPS) is 10.2. The Bertz CT molecular complexity index is 645. The van der Waals surface area contributed by atoms with Crippen LogP contribution in [0.15, 0.2) is 35.1 Å². The van der Waals surface area contributed by atoms with Crippen molar-refractivity contribution in [1.29, 1.82) is 0 Å². The van der Waals surface area contributed by atoms with Gasteiger partial charge in [-0.15, -0.1) is 0 Å². The van der Waals surface area contributed by atoms with Gasteiger partial charge < -0.3 is 10.6 Å². The van der Waals surface area contributed by atoms with Gasteiger partial charge in [-0.05, 0) is 47.0 Å². The molecule has 110 valence electrons. The number of carbonyl (C=O) groups excluding carboxylic acids is 1. The van der Waals surface area contributed by atoms with Gasteiger partial charge in [0.2, 0.25) is 0 Å². The molecule has 0 aliphatic heterocycles. The van der Waals surface area contributed by atoms with Crippen LogP contribution in [0, 0.1) is 6.92 Å². The molecule has 0 aliphatic rings. The van der Waals surface area contributed by atoms with Crippen LogP contribution >= 0.6 is 15.9 Å². The number of nitrogens with one attached hydrogen (secondary N) is 2. The van der Waals surface area contributed by atoms with Crippen LogP contribution in [0.3, 0.4) is 0 Å². The highest BCUT2D eigenvalue weighted by Crippen LogP contribution is 2.23. The van der Waals surface area contributed by atoms with Crippen LogP contribution in [0.4, 0.5) is 11.5 Å². The molecule has 0 spiro atoms. The standard InChI is InChI=1S/C15H17BrN4O/c1-3-6-18-14-9-17-8-13(19-14)15(21)20-12-5-4-10(2)7-11(12)16/h4-5,7-9H,3,6H2,1-2H3,(H,18,19)(H,20,21). The molecule has 1 heterocycles. The predicted octanol–water partition coefficient (Wildman–Crippen LogP) is 3.62. The molecule has 0 saturated heterocycles. The molecule has 1 amide bonds. The van der Waals surface area contributed by atoms with Gasteiger partial charge in [0.05, 0.1) is 18.1 Å². The van der Waals surface area contributed by atoms with Gasteiger partial charge in [-0.2, -0.15) is 0 Å². The summed E-state index contributed by atoms with van der Waals surface area (Å²) < 4.78 is 0.837. The van der Waals surface area contributed by atoms with Crippen LogP contribution in [0.2, 0.25) is 0 Å². The van der Waals surface area contributed by atoms with E-state index in [0.717, 1.165) is 23.0 Å². The second-order valence-electron chi connectivity index (χ2n) is 4.65. The number of nitrogens with zero attached hydrogens (tertiary/aromatic N) is 2. The summed E-state index contributed by atoms with van der Waals surface area (Å²) in [6.45, 7) is 4.85. The van der Waals surface area contributed by atoms with E-state index in [1.54, 1.807) is 6.20 Å². The van der Waals surface area contributed by atoms with Crippen molar-refractivity contribution in [2.75, 3.05) is 17.2 Å². The Balaban J connectivity index is 2.12. The highest BCUT2D eigenvalue weighted by atomic mass is 79.9. The Hall–Kier alpha value is -1.95. The zero-order valence-corrected chi connectivity index (χ0v) is 13.6. The molecule has 2 N–H and O–H groups in total. The lowest BCUT2D eigenvalue weighted by atomic mass is 10.2. The van der Waals surface area contributed by atoms with Crippen LogP contribution in [-0.4, -0.2) is 22.4 Å². The van der Waals surface area contributed by atoms with Gasteiger partial charge in [-0.25, -0.2) is 4.98 Å². The van der Waals surface area contributed by atoms with Crippen molar-refractivity contribution in [3.8, 4) is 0 Å². The summed E-state index contributed by atoms with van der Waals surface area (Å²) in [6, 6.07) is 5.73. The Labute approximate surface area is 132 Å². The highest BCUT2D eigenvalue weighted by Gasteiger charge is 2.11. The summed E-state index contributed by atoms with van der Waals surface area (Å²) in [5, 5.41) is 5.93. The van der Waals surface area contributed by atoms with Gasteiger partial charge >= 0.3 is 0 Å². The van der Waals surface area contributed by atoms with E-state index < -0.39 is 0 Å². The molecule has 0 aliphatic carbocycles. The first-order valence-electron chi connectivity index (χ1n) is 6.73. The lowest BCUT2D eigenvalue weighted by molar-refractivity contribution is 0.102. The number of halogens is 1. The van der Waals surface area contributed by atoms with Crippen molar-refractivity contribution in [2.45, 2.75) is 20.3 Å². The summed E-state index contributed by atoms with van der Waals surface area (Å²) >= 11 is 3.43. The topological polar surface area (TPSA) is 66.9 Å². The second kappa shape index (κ2) is 7.17. The maximum absolute atomic E-state index is 12.2. The van der Waals surface area contributed by atoms with E-state index in [1.807, 2.05) is 25.1 Å². The number of aryl methyl sites for hydroxylation is 1. The highest BCUT2D eigenvalue weighted by molar-refractivity contribution is 9.10. The molecule has 0 saturated carbocycles. The molecule has 1 aromatic carbocycles. The molecular weight excluding hydrogens is 332 g/mol. The molecule has 0 unspecified atom stereocenters. The molecule has 6 heteroatoms. The average Bonchev–Trinajstić information content (AvgIpc) is 2.48. The minimum Gasteiger partial charge on any atom is -0.369 e. The second-order valence-corrected chi connectivity index (χ2v) is 5.51. The molecular formula is C15H17BrN4O. The lowest BCUT2D eigenvalue weighted by Crippen LogP contribution is -2.15. The third-order valence-corrected chi connectivity index (χ3v) is 3.45. The fourth-order valence-corrected chi connectivity index (χ4v) is 2.31. The van der Waals surface area contributed by atoms with Gasteiger partial charge in [-0.3, -0.25) is 9.78 Å². The van der Waals surface area contributed by atoms with Gasteiger partial charge in [0.1, 0.15) is 11.5 Å². The molecule has 21 heavy (non-hydrogen) atoms. The third-order valence-electron chi connectivity index (χ3n) is 2.80. The molecule has 2 rings (SSSR count). The molecule has 0 bridgehead atoms. The zero-order chi connectivity index (χ0) is 15.2. The van der Waals surface area contributed by atoms with Crippen molar-refractivity contribution in [1.82, 2.24) is 9.97 Å². The first kappa shape index (κ1) is 15.4. The number of hydrogen-bond acceptors (Lipinski definition) is 4. The fourth-order valence-electron chi connectivity index (χ4n) is 1.72. The number of rotatable bonds is 5. The quantitative estimate of drug-likeness (QED) is 0.865. The Morgan fingerprint density at radius 1 is 1.33 bits per heavy atom. The van der Waals surface area contributed by atoms with Crippen molar-refractivity contribution in [3.05, 3.63) is 46.3 Å². The Kier molecular flexibility index (Phi) is 5.27. The number of carbonyl (C=O) groups is 1. The van der Waals surface area contributed by atoms with Crippen molar-refractivity contribution in [3.63, 3.8) is 0 Å². The summed E-state index contributed by atoms with van der Waals surface area (Å²) in [7, 11) is 0. The number of benzene rings is 1. The molecule has 0 atom stereocenters. The SMILES string of the molecule is CCCNc1cncc(C(=O)Nc2ccc(C)cc2Br)n1. The summed E-state index contributed by atoms with van der Waals surface area (Å²) in [6.07, 6.45) is 4.04. The average molecular weight is 349 g/mol. The van der Waals surface area contributed by atoms with E-state index >= 15 is 0 Å². The van der Waals surface area contributed by atoms with Crippen LogP contribution in [0.25, 0.3) is 0 Å². The van der Waals surface area contributed by atoms with E-state index in [2.05, 4.69) is 43.5 Å². The van der Waals surface area contributed by atoms with E-state index in [9.17, 15) is 4.79 Å². The van der Waals surface area contributed by atoms with Crippen LogP contribution < -0.4 is 10.6 Å². The largest absolute Gasteiger partial charge is 0.369 e. The maximum atomic E-state index is 12.2. The monoisotopic (exact) mass is 348 g/mol.